The molecular weight excluding hydrogens is 254 g/mol. The molecule has 2 rings (SSSR count). The first-order valence-corrected chi connectivity index (χ1v) is 6.56. The zero-order chi connectivity index (χ0) is 12.3. The zero-order valence-electron chi connectivity index (χ0n) is 9.51. The summed E-state index contributed by atoms with van der Waals surface area (Å²) in [6.45, 7) is 0.545. The quantitative estimate of drug-likeness (QED) is 0.867. The van der Waals surface area contributed by atoms with Crippen LogP contribution in [-0.2, 0) is 7.05 Å². The minimum Gasteiger partial charge on any atom is -0.329 e. The van der Waals surface area contributed by atoms with Crippen LogP contribution in [0.1, 0.15) is 10.8 Å². The molecule has 2 N–H and O–H groups in total. The third-order valence-corrected chi connectivity index (χ3v) is 3.98. The fourth-order valence-electron chi connectivity index (χ4n) is 1.60. The van der Waals surface area contributed by atoms with Gasteiger partial charge in [-0.05, 0) is 11.6 Å². The first-order chi connectivity index (χ1) is 8.20. The van der Waals surface area contributed by atoms with Gasteiger partial charge < -0.3 is 5.73 Å². The second-order valence-electron chi connectivity index (χ2n) is 3.71. The van der Waals surface area contributed by atoms with Crippen LogP contribution in [0, 0.1) is 0 Å². The van der Waals surface area contributed by atoms with Crippen molar-refractivity contribution in [3.05, 3.63) is 47.2 Å². The molecule has 0 saturated carbocycles. The van der Waals surface area contributed by atoms with E-state index in [0.29, 0.717) is 6.54 Å². The maximum Gasteiger partial charge on any atom is 0.0626 e. The van der Waals surface area contributed by atoms with Gasteiger partial charge in [0.1, 0.15) is 0 Å². The van der Waals surface area contributed by atoms with E-state index in [2.05, 4.69) is 5.10 Å². The van der Waals surface area contributed by atoms with Crippen molar-refractivity contribution < 1.29 is 0 Å². The van der Waals surface area contributed by atoms with Crippen molar-refractivity contribution >= 4 is 23.4 Å². The highest BCUT2D eigenvalue weighted by Crippen LogP contribution is 2.37. The number of nitrogens with zero attached hydrogens (tertiary/aromatic N) is 2. The van der Waals surface area contributed by atoms with Gasteiger partial charge in [-0.2, -0.15) is 5.10 Å². The van der Waals surface area contributed by atoms with Gasteiger partial charge in [0.25, 0.3) is 0 Å². The molecule has 2 aromatic rings. The molecule has 0 bridgehead atoms. The van der Waals surface area contributed by atoms with E-state index in [0.717, 1.165) is 15.5 Å². The molecule has 0 fully saturated rings. The maximum absolute atomic E-state index is 6.18. The van der Waals surface area contributed by atoms with Crippen molar-refractivity contribution in [2.45, 2.75) is 10.1 Å². The number of benzene rings is 1. The van der Waals surface area contributed by atoms with Gasteiger partial charge in [-0.1, -0.05) is 29.8 Å². The minimum atomic E-state index is 0.160. The number of halogens is 1. The zero-order valence-corrected chi connectivity index (χ0v) is 11.1. The number of hydrogen-bond donors (Lipinski definition) is 1. The molecule has 1 unspecified atom stereocenters. The van der Waals surface area contributed by atoms with Crippen LogP contribution >= 0.6 is 23.4 Å². The predicted octanol–water partition coefficient (Wildman–Crippen LogP) is 2.87. The molecule has 0 aliphatic carbocycles. The minimum absolute atomic E-state index is 0.160. The van der Waals surface area contributed by atoms with Crippen molar-refractivity contribution in [1.82, 2.24) is 9.78 Å². The molecule has 0 aliphatic rings. The van der Waals surface area contributed by atoms with Gasteiger partial charge in [0, 0.05) is 35.0 Å². The van der Waals surface area contributed by atoms with Crippen molar-refractivity contribution in [1.29, 1.82) is 0 Å². The van der Waals surface area contributed by atoms with E-state index in [4.69, 9.17) is 17.3 Å². The van der Waals surface area contributed by atoms with E-state index in [9.17, 15) is 0 Å². The SMILES string of the molecule is Cn1cc(SC(CN)c2ccccc2Cl)cn1. The molecular formula is C12H14ClN3S. The molecule has 0 spiro atoms. The summed E-state index contributed by atoms with van der Waals surface area (Å²) in [6, 6.07) is 7.81. The second-order valence-corrected chi connectivity index (χ2v) is 5.40. The lowest BCUT2D eigenvalue weighted by molar-refractivity contribution is 0.766. The average molecular weight is 268 g/mol. The fraction of sp³-hybridized carbons (Fsp3) is 0.250. The highest BCUT2D eigenvalue weighted by molar-refractivity contribution is 7.99. The van der Waals surface area contributed by atoms with Crippen LogP contribution < -0.4 is 5.73 Å². The van der Waals surface area contributed by atoms with Gasteiger partial charge in [-0.3, -0.25) is 4.68 Å². The van der Waals surface area contributed by atoms with Crippen molar-refractivity contribution in [3.8, 4) is 0 Å². The Morgan fingerprint density at radius 1 is 1.47 bits per heavy atom. The largest absolute Gasteiger partial charge is 0.329 e. The first-order valence-electron chi connectivity index (χ1n) is 5.30. The Kier molecular flexibility index (Phi) is 4.10. The van der Waals surface area contributed by atoms with E-state index < -0.39 is 0 Å². The molecule has 90 valence electrons. The summed E-state index contributed by atoms with van der Waals surface area (Å²) in [5, 5.41) is 5.07. The Hall–Kier alpha value is -0.970. The van der Waals surface area contributed by atoms with Crippen LogP contribution in [0.5, 0.6) is 0 Å². The molecule has 1 aromatic carbocycles. The fourth-order valence-corrected chi connectivity index (χ4v) is 3.01. The molecule has 1 aromatic heterocycles. The molecule has 3 nitrogen and oxygen atoms in total. The van der Waals surface area contributed by atoms with Crippen LogP contribution in [-0.4, -0.2) is 16.3 Å². The van der Waals surface area contributed by atoms with E-state index in [-0.39, 0.29) is 5.25 Å². The van der Waals surface area contributed by atoms with Crippen LogP contribution in [0.2, 0.25) is 5.02 Å². The summed E-state index contributed by atoms with van der Waals surface area (Å²) in [7, 11) is 1.90. The molecule has 0 amide bonds. The number of rotatable bonds is 4. The molecule has 1 atom stereocenters. The molecule has 0 radical (unpaired) electrons. The van der Waals surface area contributed by atoms with Gasteiger partial charge >= 0.3 is 0 Å². The Morgan fingerprint density at radius 2 is 2.24 bits per heavy atom. The van der Waals surface area contributed by atoms with E-state index in [1.54, 1.807) is 16.4 Å². The number of aromatic nitrogens is 2. The lowest BCUT2D eigenvalue weighted by Crippen LogP contribution is -2.09. The lowest BCUT2D eigenvalue weighted by Gasteiger charge is -2.15. The van der Waals surface area contributed by atoms with Gasteiger partial charge in [0.15, 0.2) is 0 Å². The number of thioether (sulfide) groups is 1. The molecule has 1 heterocycles. The number of hydrogen-bond acceptors (Lipinski definition) is 3. The Bertz CT molecular complexity index is 498. The average Bonchev–Trinajstić information content (AvgIpc) is 2.73. The lowest BCUT2D eigenvalue weighted by atomic mass is 10.1. The van der Waals surface area contributed by atoms with Crippen molar-refractivity contribution in [3.63, 3.8) is 0 Å². The van der Waals surface area contributed by atoms with Crippen LogP contribution in [0.25, 0.3) is 0 Å². The van der Waals surface area contributed by atoms with Gasteiger partial charge in [0.05, 0.1) is 6.20 Å². The number of aryl methyl sites for hydroxylation is 1. The Morgan fingerprint density at radius 3 is 2.82 bits per heavy atom. The van der Waals surface area contributed by atoms with Gasteiger partial charge in [0.2, 0.25) is 0 Å². The topological polar surface area (TPSA) is 43.8 Å². The highest BCUT2D eigenvalue weighted by atomic mass is 35.5. The summed E-state index contributed by atoms with van der Waals surface area (Å²) < 4.78 is 1.78. The summed E-state index contributed by atoms with van der Waals surface area (Å²) in [5.41, 5.74) is 6.90. The first kappa shape index (κ1) is 12.5. The van der Waals surface area contributed by atoms with E-state index in [1.807, 2.05) is 43.7 Å². The Balaban J connectivity index is 2.20. The van der Waals surface area contributed by atoms with Crippen LogP contribution in [0.3, 0.4) is 0 Å². The maximum atomic E-state index is 6.18. The molecule has 17 heavy (non-hydrogen) atoms. The smallest absolute Gasteiger partial charge is 0.0626 e. The monoisotopic (exact) mass is 267 g/mol. The molecule has 0 saturated heterocycles. The molecule has 5 heteroatoms. The van der Waals surface area contributed by atoms with Crippen LogP contribution in [0.4, 0.5) is 0 Å². The summed E-state index contributed by atoms with van der Waals surface area (Å²) in [6.07, 6.45) is 3.81. The predicted molar refractivity (Wildman–Crippen MR) is 72.3 cm³/mol. The van der Waals surface area contributed by atoms with Gasteiger partial charge in [-0.25, -0.2) is 0 Å². The second kappa shape index (κ2) is 5.58. The van der Waals surface area contributed by atoms with Crippen molar-refractivity contribution in [2.24, 2.45) is 12.8 Å². The third-order valence-electron chi connectivity index (χ3n) is 2.43. The van der Waals surface area contributed by atoms with Gasteiger partial charge in [-0.15, -0.1) is 11.8 Å². The third kappa shape index (κ3) is 3.03. The van der Waals surface area contributed by atoms with E-state index in [1.165, 1.54) is 0 Å². The standard InChI is InChI=1S/C12H14ClN3S/c1-16-8-9(7-15-16)17-12(6-14)10-4-2-3-5-11(10)13/h2-5,7-8,12H,6,14H2,1H3. The summed E-state index contributed by atoms with van der Waals surface area (Å²) >= 11 is 7.86. The Labute approximate surface area is 110 Å². The number of nitrogens with two attached hydrogens (primary N) is 1. The highest BCUT2D eigenvalue weighted by Gasteiger charge is 2.14. The van der Waals surface area contributed by atoms with Crippen molar-refractivity contribution in [2.75, 3.05) is 6.54 Å². The summed E-state index contributed by atoms with van der Waals surface area (Å²) in [4.78, 5) is 1.10. The van der Waals surface area contributed by atoms with Crippen LogP contribution in [0.15, 0.2) is 41.6 Å². The normalized spacial score (nSPS) is 12.6. The summed E-state index contributed by atoms with van der Waals surface area (Å²) in [5.74, 6) is 0. The van der Waals surface area contributed by atoms with E-state index >= 15 is 0 Å². The molecule has 0 aliphatic heterocycles.